The average Bonchev–Trinajstić information content (AvgIpc) is 3.97. The SMILES string of the molecule is c1ccc(-c2ccc(-c3cc(-c4ccccc4)nc(-c4cccc5oc6c(-n7c8ccccc8c8c9sc%10ccccc%10c9ccc87)cccc6c45)n3)cc2)cc1. The van der Waals surface area contributed by atoms with Crippen molar-refractivity contribution in [1.82, 2.24) is 14.5 Å². The van der Waals surface area contributed by atoms with Gasteiger partial charge in [0.2, 0.25) is 0 Å². The molecule has 4 nitrogen and oxygen atoms in total. The maximum Gasteiger partial charge on any atom is 0.161 e. The third-order valence-electron chi connectivity index (χ3n) is 11.2. The summed E-state index contributed by atoms with van der Waals surface area (Å²) in [6, 6.07) is 66.3. The second-order valence-corrected chi connectivity index (χ2v) is 15.5. The van der Waals surface area contributed by atoms with Gasteiger partial charge in [-0.15, -0.1) is 11.3 Å². The van der Waals surface area contributed by atoms with Crippen molar-refractivity contribution in [3.8, 4) is 50.7 Å². The first-order valence-electron chi connectivity index (χ1n) is 19.2. The van der Waals surface area contributed by atoms with Gasteiger partial charge in [-0.25, -0.2) is 9.97 Å². The molecule has 0 fully saturated rings. The van der Waals surface area contributed by atoms with Gasteiger partial charge in [0.25, 0.3) is 0 Å². The molecule has 5 heteroatoms. The molecule has 8 aromatic carbocycles. The molecule has 0 atom stereocenters. The van der Waals surface area contributed by atoms with Crippen LogP contribution in [0.5, 0.6) is 0 Å². The Kier molecular flexibility index (Phi) is 7.06. The molecule has 0 amide bonds. The lowest BCUT2D eigenvalue weighted by Gasteiger charge is -2.11. The molecule has 0 aliphatic rings. The number of para-hydroxylation sites is 2. The van der Waals surface area contributed by atoms with E-state index in [9.17, 15) is 0 Å². The first-order chi connectivity index (χ1) is 28.3. The van der Waals surface area contributed by atoms with Gasteiger partial charge in [0.1, 0.15) is 5.58 Å². The van der Waals surface area contributed by atoms with E-state index in [0.717, 1.165) is 66.7 Å². The summed E-state index contributed by atoms with van der Waals surface area (Å²) in [5.41, 5.74) is 12.0. The van der Waals surface area contributed by atoms with E-state index in [-0.39, 0.29) is 0 Å². The molecule has 0 radical (unpaired) electrons. The van der Waals surface area contributed by atoms with Gasteiger partial charge in [-0.1, -0.05) is 152 Å². The van der Waals surface area contributed by atoms with Crippen LogP contribution in [0.2, 0.25) is 0 Å². The number of hydrogen-bond acceptors (Lipinski definition) is 4. The number of thiophene rings is 1. The van der Waals surface area contributed by atoms with Gasteiger partial charge in [-0.05, 0) is 47.5 Å². The van der Waals surface area contributed by atoms with E-state index in [4.69, 9.17) is 14.4 Å². The second kappa shape index (κ2) is 12.6. The van der Waals surface area contributed by atoms with E-state index in [2.05, 4.69) is 174 Å². The Morgan fingerprint density at radius 1 is 0.439 bits per heavy atom. The van der Waals surface area contributed by atoms with Crippen LogP contribution in [0, 0.1) is 0 Å². The van der Waals surface area contributed by atoms with Crippen molar-refractivity contribution in [3.63, 3.8) is 0 Å². The summed E-state index contributed by atoms with van der Waals surface area (Å²) in [5, 5.41) is 7.12. The van der Waals surface area contributed by atoms with E-state index in [0.29, 0.717) is 5.82 Å². The molecular formula is C52H31N3OS. The number of rotatable bonds is 5. The minimum absolute atomic E-state index is 0.654. The van der Waals surface area contributed by atoms with Crippen LogP contribution in [0.1, 0.15) is 0 Å². The Hall–Kier alpha value is -7.34. The Balaban J connectivity index is 1.07. The lowest BCUT2D eigenvalue weighted by atomic mass is 10.0. The van der Waals surface area contributed by atoms with Crippen molar-refractivity contribution in [3.05, 3.63) is 188 Å². The lowest BCUT2D eigenvalue weighted by Crippen LogP contribution is -1.96. The Bertz CT molecular complexity index is 3510. The van der Waals surface area contributed by atoms with Gasteiger partial charge in [0.15, 0.2) is 11.4 Å². The highest BCUT2D eigenvalue weighted by Crippen LogP contribution is 2.45. The zero-order valence-corrected chi connectivity index (χ0v) is 31.4. The average molecular weight is 746 g/mol. The zero-order valence-electron chi connectivity index (χ0n) is 30.6. The van der Waals surface area contributed by atoms with Crippen LogP contribution in [0.4, 0.5) is 0 Å². The van der Waals surface area contributed by atoms with Crippen LogP contribution in [0.3, 0.4) is 0 Å². The minimum atomic E-state index is 0.654. The van der Waals surface area contributed by atoms with Gasteiger partial charge in [-0.2, -0.15) is 0 Å². The summed E-state index contributed by atoms with van der Waals surface area (Å²) in [6.45, 7) is 0. The minimum Gasteiger partial charge on any atom is -0.454 e. The molecule has 57 heavy (non-hydrogen) atoms. The maximum atomic E-state index is 6.91. The highest BCUT2D eigenvalue weighted by molar-refractivity contribution is 7.26. The summed E-state index contributed by atoms with van der Waals surface area (Å²) in [7, 11) is 0. The number of benzene rings is 8. The third kappa shape index (κ3) is 4.99. The fraction of sp³-hybridized carbons (Fsp3) is 0. The van der Waals surface area contributed by atoms with Gasteiger partial charge in [0, 0.05) is 58.4 Å². The number of fused-ring (bicyclic) bond motifs is 10. The number of nitrogens with zero attached hydrogens (tertiary/aromatic N) is 3. The largest absolute Gasteiger partial charge is 0.454 e. The molecule has 0 saturated heterocycles. The Morgan fingerprint density at radius 2 is 1.07 bits per heavy atom. The first kappa shape index (κ1) is 32.0. The van der Waals surface area contributed by atoms with E-state index in [1.807, 2.05) is 29.5 Å². The molecule has 12 aromatic rings. The van der Waals surface area contributed by atoms with Crippen molar-refractivity contribution in [2.24, 2.45) is 0 Å². The normalized spacial score (nSPS) is 11.9. The molecule has 0 aliphatic heterocycles. The molecule has 0 unspecified atom stereocenters. The van der Waals surface area contributed by atoms with Crippen molar-refractivity contribution in [2.75, 3.05) is 0 Å². The van der Waals surface area contributed by atoms with Crippen LogP contribution in [0.25, 0.3) is 115 Å². The van der Waals surface area contributed by atoms with Crippen LogP contribution < -0.4 is 0 Å². The first-order valence-corrected chi connectivity index (χ1v) is 20.0. The van der Waals surface area contributed by atoms with Crippen molar-refractivity contribution < 1.29 is 4.42 Å². The van der Waals surface area contributed by atoms with Crippen LogP contribution >= 0.6 is 11.3 Å². The topological polar surface area (TPSA) is 43.9 Å². The van der Waals surface area contributed by atoms with Gasteiger partial charge < -0.3 is 8.98 Å². The van der Waals surface area contributed by atoms with E-state index in [1.165, 1.54) is 42.1 Å². The molecule has 4 aromatic heterocycles. The van der Waals surface area contributed by atoms with E-state index < -0.39 is 0 Å². The predicted molar refractivity (Wildman–Crippen MR) is 238 cm³/mol. The van der Waals surface area contributed by atoms with E-state index >= 15 is 0 Å². The summed E-state index contributed by atoms with van der Waals surface area (Å²) in [4.78, 5) is 10.5. The third-order valence-corrected chi connectivity index (χ3v) is 12.5. The molecule has 266 valence electrons. The van der Waals surface area contributed by atoms with Crippen molar-refractivity contribution in [2.45, 2.75) is 0 Å². The van der Waals surface area contributed by atoms with Crippen LogP contribution in [0.15, 0.2) is 192 Å². The molecule has 0 saturated carbocycles. The second-order valence-electron chi connectivity index (χ2n) is 14.5. The molecule has 0 bridgehead atoms. The summed E-state index contributed by atoms with van der Waals surface area (Å²) in [6.07, 6.45) is 0. The standard InChI is InChI=1S/C52H31N3OS/c1-3-13-32(14-4-1)33-25-27-35(28-26-33)42-31-41(34-15-5-2-6-16-34)53-52(54-42)40-20-12-23-46-48(40)39-19-11-22-45(50(39)56-46)55-43-21-9-7-18-38(43)49-44(55)30-29-37-36-17-8-10-24-47(36)57-51(37)49/h1-31H. The lowest BCUT2D eigenvalue weighted by molar-refractivity contribution is 0.666. The summed E-state index contributed by atoms with van der Waals surface area (Å²) >= 11 is 1.87. The highest BCUT2D eigenvalue weighted by atomic mass is 32.1. The molecule has 0 aliphatic carbocycles. The van der Waals surface area contributed by atoms with E-state index in [1.54, 1.807) is 0 Å². The predicted octanol–water partition coefficient (Wildman–Crippen LogP) is 14.5. The van der Waals surface area contributed by atoms with Gasteiger partial charge in [0.05, 0.1) is 28.1 Å². The number of hydrogen-bond donors (Lipinski definition) is 0. The summed E-state index contributed by atoms with van der Waals surface area (Å²) in [5.74, 6) is 0.654. The van der Waals surface area contributed by atoms with Crippen LogP contribution in [-0.4, -0.2) is 14.5 Å². The van der Waals surface area contributed by atoms with Crippen molar-refractivity contribution in [1.29, 1.82) is 0 Å². The molecule has 4 heterocycles. The molecule has 12 rings (SSSR count). The van der Waals surface area contributed by atoms with Gasteiger partial charge >= 0.3 is 0 Å². The number of furan rings is 1. The smallest absolute Gasteiger partial charge is 0.161 e. The zero-order chi connectivity index (χ0) is 37.5. The maximum absolute atomic E-state index is 6.91. The fourth-order valence-corrected chi connectivity index (χ4v) is 9.89. The quantitative estimate of drug-likeness (QED) is 0.176. The summed E-state index contributed by atoms with van der Waals surface area (Å²) < 4.78 is 11.9. The van der Waals surface area contributed by atoms with Crippen LogP contribution in [-0.2, 0) is 0 Å². The van der Waals surface area contributed by atoms with Crippen molar-refractivity contribution >= 4 is 75.3 Å². The Labute approximate surface area is 331 Å². The highest BCUT2D eigenvalue weighted by Gasteiger charge is 2.22. The molecular weight excluding hydrogens is 715 g/mol. The van der Waals surface area contributed by atoms with Gasteiger partial charge in [-0.3, -0.25) is 0 Å². The fourth-order valence-electron chi connectivity index (χ4n) is 8.63. The monoisotopic (exact) mass is 745 g/mol. The number of aromatic nitrogens is 3. The molecule has 0 spiro atoms. The Morgan fingerprint density at radius 3 is 1.88 bits per heavy atom. The molecule has 0 N–H and O–H groups in total.